The Bertz CT molecular complexity index is 758. The van der Waals surface area contributed by atoms with Crippen LogP contribution in [0.3, 0.4) is 0 Å². The minimum atomic E-state index is -4.54. The summed E-state index contributed by atoms with van der Waals surface area (Å²) < 4.78 is 68.2. The van der Waals surface area contributed by atoms with Crippen molar-refractivity contribution in [3.63, 3.8) is 0 Å². The lowest BCUT2D eigenvalue weighted by molar-refractivity contribution is -0.174. The van der Waals surface area contributed by atoms with Crippen LogP contribution < -0.4 is 5.32 Å². The lowest BCUT2D eigenvalue weighted by atomic mass is 10.1. The average Bonchev–Trinajstić information content (AvgIpc) is 2.54. The highest BCUT2D eigenvalue weighted by molar-refractivity contribution is 5.35. The van der Waals surface area contributed by atoms with Crippen LogP contribution in [0.15, 0.2) is 30.6 Å². The molecule has 0 bridgehead atoms. The highest BCUT2D eigenvalue weighted by atomic mass is 19.4. The van der Waals surface area contributed by atoms with Gasteiger partial charge in [0.05, 0.1) is 30.6 Å². The average molecular weight is 358 g/mol. The largest absolute Gasteiger partial charge is 0.411 e. The number of ether oxygens (including phenoxy) is 1. The first-order valence-corrected chi connectivity index (χ1v) is 6.86. The molecule has 0 spiro atoms. The topological polar surface area (TPSA) is 70.8 Å². The third kappa shape index (κ3) is 5.65. The highest BCUT2D eigenvalue weighted by Gasteiger charge is 2.28. The van der Waals surface area contributed by atoms with Crippen molar-refractivity contribution in [1.82, 2.24) is 9.97 Å². The lowest BCUT2D eigenvalue weighted by Gasteiger charge is -2.20. The molecule has 0 fully saturated rings. The SMILES string of the molecule is N#Cc1cnc(NC(COCC(F)(F)F)c2ccc(F)cc2F)nc1. The van der Waals surface area contributed by atoms with Crippen LogP contribution in [0.5, 0.6) is 0 Å². The second kappa shape index (κ2) is 7.85. The van der Waals surface area contributed by atoms with Gasteiger partial charge in [-0.15, -0.1) is 0 Å². The summed E-state index contributed by atoms with van der Waals surface area (Å²) in [6.45, 7) is -2.09. The lowest BCUT2D eigenvalue weighted by Crippen LogP contribution is -2.24. The van der Waals surface area contributed by atoms with E-state index >= 15 is 0 Å². The number of nitriles is 1. The van der Waals surface area contributed by atoms with E-state index in [0.29, 0.717) is 6.07 Å². The van der Waals surface area contributed by atoms with Gasteiger partial charge in [0.15, 0.2) is 0 Å². The molecule has 1 aromatic carbocycles. The van der Waals surface area contributed by atoms with E-state index in [-0.39, 0.29) is 17.1 Å². The zero-order valence-electron chi connectivity index (χ0n) is 12.5. The van der Waals surface area contributed by atoms with Crippen molar-refractivity contribution < 1.29 is 26.7 Å². The van der Waals surface area contributed by atoms with Crippen LogP contribution in [0.1, 0.15) is 17.2 Å². The van der Waals surface area contributed by atoms with E-state index in [0.717, 1.165) is 12.1 Å². The number of hydrogen-bond acceptors (Lipinski definition) is 5. The van der Waals surface area contributed by atoms with Gasteiger partial charge in [-0.05, 0) is 6.07 Å². The molecule has 25 heavy (non-hydrogen) atoms. The molecule has 1 atom stereocenters. The first-order valence-electron chi connectivity index (χ1n) is 6.86. The number of benzene rings is 1. The van der Waals surface area contributed by atoms with Crippen LogP contribution in [-0.4, -0.2) is 29.4 Å². The molecule has 2 aromatic rings. The summed E-state index contributed by atoms with van der Waals surface area (Å²) >= 11 is 0. The summed E-state index contributed by atoms with van der Waals surface area (Å²) in [4.78, 5) is 7.60. The molecule has 132 valence electrons. The molecular formula is C15H11F5N4O. The van der Waals surface area contributed by atoms with Crippen molar-refractivity contribution in [3.8, 4) is 6.07 Å². The van der Waals surface area contributed by atoms with Crippen LogP contribution in [0.4, 0.5) is 27.9 Å². The molecule has 0 aliphatic rings. The normalized spacial score (nSPS) is 12.5. The monoisotopic (exact) mass is 358 g/mol. The standard InChI is InChI=1S/C15H11F5N4O/c16-10-1-2-11(12(17)3-10)13(7-25-8-15(18,19)20)24-14-22-5-9(4-21)6-23-14/h1-3,5-6,13H,7-8H2,(H,22,23,24). The Morgan fingerprint density at radius 3 is 2.44 bits per heavy atom. The van der Waals surface area contributed by atoms with Crippen molar-refractivity contribution >= 4 is 5.95 Å². The summed E-state index contributed by atoms with van der Waals surface area (Å²) in [5, 5.41) is 11.3. The second-order valence-electron chi connectivity index (χ2n) is 4.90. The number of halogens is 5. The molecule has 10 heteroatoms. The molecule has 1 heterocycles. The van der Waals surface area contributed by atoms with Gasteiger partial charge in [-0.3, -0.25) is 0 Å². The number of aromatic nitrogens is 2. The summed E-state index contributed by atoms with van der Waals surface area (Å²) in [5.41, 5.74) is 0.0555. The number of anilines is 1. The van der Waals surface area contributed by atoms with Crippen LogP contribution in [0, 0.1) is 23.0 Å². The molecule has 1 N–H and O–H groups in total. The number of nitrogens with zero attached hydrogens (tertiary/aromatic N) is 3. The molecule has 0 saturated carbocycles. The van der Waals surface area contributed by atoms with Crippen molar-refractivity contribution in [2.24, 2.45) is 0 Å². The maximum Gasteiger partial charge on any atom is 0.411 e. The van der Waals surface area contributed by atoms with Gasteiger partial charge >= 0.3 is 6.18 Å². The zero-order chi connectivity index (χ0) is 18.4. The van der Waals surface area contributed by atoms with Crippen LogP contribution in [-0.2, 0) is 4.74 Å². The van der Waals surface area contributed by atoms with Gasteiger partial charge in [-0.25, -0.2) is 18.7 Å². The molecule has 2 rings (SSSR count). The van der Waals surface area contributed by atoms with E-state index in [1.807, 2.05) is 0 Å². The molecular weight excluding hydrogens is 347 g/mol. The third-order valence-electron chi connectivity index (χ3n) is 2.97. The quantitative estimate of drug-likeness (QED) is 0.802. The van der Waals surface area contributed by atoms with Crippen LogP contribution in [0.2, 0.25) is 0 Å². The molecule has 1 aromatic heterocycles. The number of alkyl halides is 3. The summed E-state index contributed by atoms with van der Waals surface area (Å²) in [6.07, 6.45) is -2.18. The minimum absolute atomic E-state index is 0.0525. The van der Waals surface area contributed by atoms with E-state index in [9.17, 15) is 22.0 Å². The summed E-state index contributed by atoms with van der Waals surface area (Å²) in [7, 11) is 0. The van der Waals surface area contributed by atoms with Gasteiger partial charge in [-0.2, -0.15) is 18.4 Å². The first-order chi connectivity index (χ1) is 11.8. The predicted octanol–water partition coefficient (Wildman–Crippen LogP) is 3.36. The number of nitrogens with one attached hydrogen (secondary N) is 1. The smallest absolute Gasteiger partial charge is 0.370 e. The van der Waals surface area contributed by atoms with Gasteiger partial charge in [0, 0.05) is 11.6 Å². The van der Waals surface area contributed by atoms with Gasteiger partial charge < -0.3 is 10.1 Å². The van der Waals surface area contributed by atoms with E-state index in [1.54, 1.807) is 6.07 Å². The van der Waals surface area contributed by atoms with Crippen LogP contribution >= 0.6 is 0 Å². The zero-order valence-corrected chi connectivity index (χ0v) is 12.5. The van der Waals surface area contributed by atoms with Crippen molar-refractivity contribution in [3.05, 3.63) is 53.4 Å². The van der Waals surface area contributed by atoms with E-state index in [4.69, 9.17) is 5.26 Å². The van der Waals surface area contributed by atoms with Gasteiger partial charge in [-0.1, -0.05) is 6.07 Å². The Labute approximate surface area is 139 Å². The Morgan fingerprint density at radius 2 is 1.88 bits per heavy atom. The fourth-order valence-electron chi connectivity index (χ4n) is 1.90. The van der Waals surface area contributed by atoms with Crippen molar-refractivity contribution in [2.45, 2.75) is 12.2 Å². The Balaban J connectivity index is 2.19. The van der Waals surface area contributed by atoms with Crippen LogP contribution in [0.25, 0.3) is 0 Å². The fraction of sp³-hybridized carbons (Fsp3) is 0.267. The molecule has 0 aliphatic heterocycles. The van der Waals surface area contributed by atoms with E-state index in [2.05, 4.69) is 20.0 Å². The maximum absolute atomic E-state index is 13.9. The second-order valence-corrected chi connectivity index (χ2v) is 4.90. The molecule has 5 nitrogen and oxygen atoms in total. The number of rotatable bonds is 6. The molecule has 1 unspecified atom stereocenters. The van der Waals surface area contributed by atoms with Gasteiger partial charge in [0.1, 0.15) is 24.3 Å². The van der Waals surface area contributed by atoms with Crippen molar-refractivity contribution in [2.75, 3.05) is 18.5 Å². The first kappa shape index (κ1) is 18.5. The van der Waals surface area contributed by atoms with Crippen molar-refractivity contribution in [1.29, 1.82) is 5.26 Å². The molecule has 0 aliphatic carbocycles. The maximum atomic E-state index is 13.9. The summed E-state index contributed by atoms with van der Waals surface area (Å²) in [5.74, 6) is -1.84. The molecule has 0 amide bonds. The van der Waals surface area contributed by atoms with Gasteiger partial charge in [0.25, 0.3) is 0 Å². The highest BCUT2D eigenvalue weighted by Crippen LogP contribution is 2.23. The third-order valence-corrected chi connectivity index (χ3v) is 2.97. The Hall–Kier alpha value is -2.80. The van der Waals surface area contributed by atoms with Gasteiger partial charge in [0.2, 0.25) is 5.95 Å². The minimum Gasteiger partial charge on any atom is -0.370 e. The molecule has 0 saturated heterocycles. The predicted molar refractivity (Wildman–Crippen MR) is 76.3 cm³/mol. The van der Waals surface area contributed by atoms with E-state index < -0.39 is 37.1 Å². The Kier molecular flexibility index (Phi) is 5.82. The number of hydrogen-bond donors (Lipinski definition) is 1. The summed E-state index contributed by atoms with van der Waals surface area (Å²) in [6, 6.07) is 3.36. The molecule has 0 radical (unpaired) electrons. The Morgan fingerprint density at radius 1 is 1.20 bits per heavy atom. The fourth-order valence-corrected chi connectivity index (χ4v) is 1.90. The van der Waals surface area contributed by atoms with E-state index in [1.165, 1.54) is 12.4 Å².